The van der Waals surface area contributed by atoms with Crippen LogP contribution in [0.4, 0.5) is 11.4 Å². The summed E-state index contributed by atoms with van der Waals surface area (Å²) in [4.78, 5) is 47.8. The van der Waals surface area contributed by atoms with Crippen molar-refractivity contribution in [3.05, 3.63) is 24.3 Å². The topological polar surface area (TPSA) is 116 Å². The Balaban J connectivity index is 1.56. The highest BCUT2D eigenvalue weighted by molar-refractivity contribution is 6.08. The smallest absolute Gasteiger partial charge is 0.236 e. The van der Waals surface area contributed by atoms with Crippen molar-refractivity contribution >= 4 is 35.0 Å². The maximum atomic E-state index is 12.2. The van der Waals surface area contributed by atoms with Crippen LogP contribution < -0.4 is 21.3 Å². The van der Waals surface area contributed by atoms with Crippen LogP contribution in [0, 0.1) is 11.8 Å². The van der Waals surface area contributed by atoms with Crippen LogP contribution in [-0.2, 0) is 19.2 Å². The molecule has 1 aromatic carbocycles. The summed E-state index contributed by atoms with van der Waals surface area (Å²) in [6.07, 6.45) is 2.64. The van der Waals surface area contributed by atoms with Crippen molar-refractivity contribution in [1.29, 1.82) is 0 Å². The Kier molecular flexibility index (Phi) is 5.50. The SMILES string of the molecule is O=C1NCCC[C@H]1C(=O)Nc1ccc(NC(=O)[C@@H]2CCCNC2=O)cc1. The average molecular weight is 358 g/mol. The first-order chi connectivity index (χ1) is 12.5. The Hall–Kier alpha value is -2.90. The summed E-state index contributed by atoms with van der Waals surface area (Å²) < 4.78 is 0. The van der Waals surface area contributed by atoms with Crippen LogP contribution >= 0.6 is 0 Å². The minimum Gasteiger partial charge on any atom is -0.355 e. The van der Waals surface area contributed by atoms with E-state index < -0.39 is 11.8 Å². The fourth-order valence-corrected chi connectivity index (χ4v) is 3.14. The second-order valence-electron chi connectivity index (χ2n) is 6.53. The molecule has 8 nitrogen and oxygen atoms in total. The third-order valence-electron chi connectivity index (χ3n) is 4.62. The quantitative estimate of drug-likeness (QED) is 0.590. The van der Waals surface area contributed by atoms with Gasteiger partial charge in [0.25, 0.3) is 0 Å². The highest BCUT2D eigenvalue weighted by atomic mass is 16.2. The zero-order valence-corrected chi connectivity index (χ0v) is 14.3. The van der Waals surface area contributed by atoms with Crippen molar-refractivity contribution in [2.24, 2.45) is 11.8 Å². The lowest BCUT2D eigenvalue weighted by molar-refractivity contribution is -0.135. The van der Waals surface area contributed by atoms with Gasteiger partial charge in [0.2, 0.25) is 23.6 Å². The molecule has 2 atom stereocenters. The van der Waals surface area contributed by atoms with E-state index in [0.717, 1.165) is 12.8 Å². The van der Waals surface area contributed by atoms with Gasteiger partial charge in [-0.25, -0.2) is 0 Å². The van der Waals surface area contributed by atoms with Crippen molar-refractivity contribution in [3.63, 3.8) is 0 Å². The van der Waals surface area contributed by atoms with E-state index in [4.69, 9.17) is 0 Å². The molecule has 2 heterocycles. The van der Waals surface area contributed by atoms with E-state index in [1.165, 1.54) is 0 Å². The molecule has 138 valence electrons. The van der Waals surface area contributed by atoms with Gasteiger partial charge in [-0.2, -0.15) is 0 Å². The maximum Gasteiger partial charge on any atom is 0.236 e. The van der Waals surface area contributed by atoms with Crippen molar-refractivity contribution in [2.75, 3.05) is 23.7 Å². The second-order valence-corrected chi connectivity index (χ2v) is 6.53. The van der Waals surface area contributed by atoms with E-state index in [1.807, 2.05) is 0 Å². The van der Waals surface area contributed by atoms with Gasteiger partial charge < -0.3 is 21.3 Å². The lowest BCUT2D eigenvalue weighted by Gasteiger charge is -2.21. The van der Waals surface area contributed by atoms with Crippen LogP contribution in [0.5, 0.6) is 0 Å². The zero-order chi connectivity index (χ0) is 18.5. The lowest BCUT2D eigenvalue weighted by atomic mass is 9.97. The first-order valence-corrected chi connectivity index (χ1v) is 8.82. The average Bonchev–Trinajstić information content (AvgIpc) is 2.64. The normalized spacial score (nSPS) is 22.8. The summed E-state index contributed by atoms with van der Waals surface area (Å²) >= 11 is 0. The molecule has 0 aromatic heterocycles. The Morgan fingerprint density at radius 2 is 1.15 bits per heavy atom. The van der Waals surface area contributed by atoms with Crippen LogP contribution in [0.15, 0.2) is 24.3 Å². The predicted molar refractivity (Wildman–Crippen MR) is 95.2 cm³/mol. The molecule has 0 unspecified atom stereocenters. The van der Waals surface area contributed by atoms with Crippen molar-refractivity contribution in [3.8, 4) is 0 Å². The summed E-state index contributed by atoms with van der Waals surface area (Å²) in [5.41, 5.74) is 1.09. The van der Waals surface area contributed by atoms with Crippen LogP contribution in [0.2, 0.25) is 0 Å². The third-order valence-corrected chi connectivity index (χ3v) is 4.62. The van der Waals surface area contributed by atoms with Gasteiger partial charge in [0.15, 0.2) is 0 Å². The number of carbonyl (C=O) groups excluding carboxylic acids is 4. The number of rotatable bonds is 4. The van der Waals surface area contributed by atoms with Gasteiger partial charge in [0.05, 0.1) is 0 Å². The van der Waals surface area contributed by atoms with Gasteiger partial charge in [0.1, 0.15) is 11.8 Å². The molecule has 26 heavy (non-hydrogen) atoms. The van der Waals surface area contributed by atoms with E-state index in [0.29, 0.717) is 37.3 Å². The Morgan fingerprint density at radius 1 is 0.769 bits per heavy atom. The molecular weight excluding hydrogens is 336 g/mol. The maximum absolute atomic E-state index is 12.2. The third kappa shape index (κ3) is 4.19. The van der Waals surface area contributed by atoms with Gasteiger partial charge in [-0.15, -0.1) is 0 Å². The van der Waals surface area contributed by atoms with E-state index in [1.54, 1.807) is 24.3 Å². The lowest BCUT2D eigenvalue weighted by Crippen LogP contribution is -2.42. The standard InChI is InChI=1S/C18H22N4O4/c23-15-13(3-1-9-19-15)17(25)21-11-5-7-12(8-6-11)22-18(26)14-4-2-10-20-16(14)24/h5-8,13-14H,1-4,9-10H2,(H,19,23)(H,20,24)(H,21,25)(H,22,26)/t13-,14-/m1/s1. The molecule has 3 rings (SSSR count). The van der Waals surface area contributed by atoms with Crippen LogP contribution in [0.1, 0.15) is 25.7 Å². The minimum absolute atomic E-state index is 0.247. The number of nitrogens with one attached hydrogen (secondary N) is 4. The predicted octanol–water partition coefficient (Wildman–Crippen LogP) is 0.616. The molecule has 2 aliphatic heterocycles. The summed E-state index contributed by atoms with van der Waals surface area (Å²) in [5, 5.41) is 10.8. The number of hydrogen-bond acceptors (Lipinski definition) is 4. The summed E-state index contributed by atoms with van der Waals surface area (Å²) in [6, 6.07) is 6.59. The number of piperidine rings is 2. The van der Waals surface area contributed by atoms with E-state index in [-0.39, 0.29) is 23.6 Å². The largest absolute Gasteiger partial charge is 0.355 e. The molecule has 2 saturated heterocycles. The molecule has 2 fully saturated rings. The number of carbonyl (C=O) groups is 4. The molecule has 4 amide bonds. The van der Waals surface area contributed by atoms with Crippen LogP contribution in [0.25, 0.3) is 0 Å². The number of benzene rings is 1. The first-order valence-electron chi connectivity index (χ1n) is 8.82. The molecule has 2 aliphatic rings. The molecule has 8 heteroatoms. The van der Waals surface area contributed by atoms with Gasteiger partial charge >= 0.3 is 0 Å². The molecule has 4 N–H and O–H groups in total. The van der Waals surface area contributed by atoms with Crippen molar-refractivity contribution in [2.45, 2.75) is 25.7 Å². The number of hydrogen-bond donors (Lipinski definition) is 4. The molecule has 0 radical (unpaired) electrons. The van der Waals surface area contributed by atoms with Crippen LogP contribution in [0.3, 0.4) is 0 Å². The molecule has 1 aromatic rings. The first kappa shape index (κ1) is 17.9. The van der Waals surface area contributed by atoms with E-state index >= 15 is 0 Å². The second kappa shape index (κ2) is 7.99. The summed E-state index contributed by atoms with van der Waals surface area (Å²) in [6.45, 7) is 1.21. The summed E-state index contributed by atoms with van der Waals surface area (Å²) in [5.74, 6) is -2.51. The fraction of sp³-hybridized carbons (Fsp3) is 0.444. The van der Waals surface area contributed by atoms with Gasteiger partial charge in [-0.3, -0.25) is 19.2 Å². The van der Waals surface area contributed by atoms with Gasteiger partial charge in [-0.05, 0) is 49.9 Å². The number of anilines is 2. The molecular formula is C18H22N4O4. The molecule has 0 bridgehead atoms. The number of amides is 4. The van der Waals surface area contributed by atoms with Crippen LogP contribution in [-0.4, -0.2) is 36.7 Å². The Bertz CT molecular complexity index is 655. The van der Waals surface area contributed by atoms with Crippen molar-refractivity contribution in [1.82, 2.24) is 10.6 Å². The highest BCUT2D eigenvalue weighted by Gasteiger charge is 2.30. The minimum atomic E-state index is -0.673. The van der Waals surface area contributed by atoms with Gasteiger partial charge in [0, 0.05) is 24.5 Å². The Morgan fingerprint density at radius 3 is 1.50 bits per heavy atom. The van der Waals surface area contributed by atoms with E-state index in [9.17, 15) is 19.2 Å². The van der Waals surface area contributed by atoms with Gasteiger partial charge in [-0.1, -0.05) is 0 Å². The molecule has 0 aliphatic carbocycles. The fourth-order valence-electron chi connectivity index (χ4n) is 3.14. The highest BCUT2D eigenvalue weighted by Crippen LogP contribution is 2.19. The molecule has 0 spiro atoms. The van der Waals surface area contributed by atoms with E-state index in [2.05, 4.69) is 21.3 Å². The molecule has 0 saturated carbocycles. The summed E-state index contributed by atoms with van der Waals surface area (Å²) in [7, 11) is 0. The zero-order valence-electron chi connectivity index (χ0n) is 14.3. The monoisotopic (exact) mass is 358 g/mol. The van der Waals surface area contributed by atoms with Crippen molar-refractivity contribution < 1.29 is 19.2 Å². The Labute approximate surface area is 151 Å².